The molecule has 1 N–H and O–H groups in total. The molecule has 1 aromatic heterocycles. The molecule has 1 fully saturated rings. The van der Waals surface area contributed by atoms with Gasteiger partial charge in [-0.25, -0.2) is 0 Å². The second kappa shape index (κ2) is 4.89. The van der Waals surface area contributed by atoms with Gasteiger partial charge in [-0.3, -0.25) is 0 Å². The van der Waals surface area contributed by atoms with Gasteiger partial charge in [0.05, 0.1) is 5.52 Å². The van der Waals surface area contributed by atoms with Crippen molar-refractivity contribution in [2.24, 2.45) is 7.05 Å². The lowest BCUT2D eigenvalue weighted by atomic mass is 9.89. The number of fused-ring (bicyclic) bond motifs is 1. The molecule has 0 radical (unpaired) electrons. The normalized spacial score (nSPS) is 18.1. The number of nitrogens with zero attached hydrogens (tertiary/aromatic N) is 2. The van der Waals surface area contributed by atoms with E-state index in [1.807, 2.05) is 7.05 Å². The lowest BCUT2D eigenvalue weighted by Gasteiger charge is -2.28. The maximum Gasteiger partial charge on any atom is 0.0501 e. The number of rotatable bonds is 2. The molecule has 0 saturated carbocycles. The molecule has 0 amide bonds. The maximum absolute atomic E-state index is 3.22. The zero-order valence-corrected chi connectivity index (χ0v) is 12.1. The van der Waals surface area contributed by atoms with E-state index >= 15 is 0 Å². The van der Waals surface area contributed by atoms with E-state index < -0.39 is 0 Å². The molecule has 0 atom stereocenters. The molecule has 102 valence electrons. The zero-order valence-electron chi connectivity index (χ0n) is 12.1. The van der Waals surface area contributed by atoms with Gasteiger partial charge in [-0.2, -0.15) is 0 Å². The highest BCUT2D eigenvalue weighted by Crippen LogP contribution is 2.34. The molecule has 0 aliphatic carbocycles. The van der Waals surface area contributed by atoms with Gasteiger partial charge >= 0.3 is 0 Å². The van der Waals surface area contributed by atoms with Crippen molar-refractivity contribution in [1.82, 2.24) is 9.47 Å². The molecule has 1 aliphatic heterocycles. The molecule has 3 heteroatoms. The summed E-state index contributed by atoms with van der Waals surface area (Å²) in [5.41, 5.74) is 4.05. The van der Waals surface area contributed by atoms with E-state index in [0.29, 0.717) is 0 Å². The van der Waals surface area contributed by atoms with Crippen LogP contribution in [-0.4, -0.2) is 36.7 Å². The van der Waals surface area contributed by atoms with Crippen LogP contribution in [-0.2, 0) is 7.05 Å². The first-order valence-corrected chi connectivity index (χ1v) is 7.14. The second-order valence-electron chi connectivity index (χ2n) is 5.75. The Hall–Kier alpha value is -1.48. The van der Waals surface area contributed by atoms with Crippen molar-refractivity contribution in [2.75, 3.05) is 32.5 Å². The van der Waals surface area contributed by atoms with Crippen LogP contribution in [0.25, 0.3) is 10.9 Å². The molecule has 0 bridgehead atoms. The predicted molar refractivity (Wildman–Crippen MR) is 81.9 cm³/mol. The van der Waals surface area contributed by atoms with E-state index in [1.54, 1.807) is 0 Å². The Bertz CT molecular complexity index is 577. The smallest absolute Gasteiger partial charge is 0.0501 e. The molecule has 1 saturated heterocycles. The summed E-state index contributed by atoms with van der Waals surface area (Å²) in [6.07, 6.45) is 4.90. The van der Waals surface area contributed by atoms with E-state index in [1.165, 1.54) is 48.1 Å². The Morgan fingerprint density at radius 1 is 1.16 bits per heavy atom. The van der Waals surface area contributed by atoms with Gasteiger partial charge in [0, 0.05) is 31.4 Å². The van der Waals surface area contributed by atoms with Gasteiger partial charge in [0.25, 0.3) is 0 Å². The summed E-state index contributed by atoms with van der Waals surface area (Å²) in [6.45, 7) is 2.44. The van der Waals surface area contributed by atoms with Crippen molar-refractivity contribution in [3.63, 3.8) is 0 Å². The van der Waals surface area contributed by atoms with E-state index in [9.17, 15) is 0 Å². The summed E-state index contributed by atoms with van der Waals surface area (Å²) in [5.74, 6) is 0.723. The number of aromatic nitrogens is 1. The quantitative estimate of drug-likeness (QED) is 0.892. The van der Waals surface area contributed by atoms with Gasteiger partial charge in [-0.1, -0.05) is 6.07 Å². The molecular weight excluding hydrogens is 234 g/mol. The van der Waals surface area contributed by atoms with E-state index in [0.717, 1.165) is 5.92 Å². The van der Waals surface area contributed by atoms with Crippen LogP contribution in [0.1, 0.15) is 24.3 Å². The van der Waals surface area contributed by atoms with Crippen molar-refractivity contribution in [3.05, 3.63) is 30.0 Å². The SMILES string of the molecule is CNc1ccc2c(C3CCN(C)CC3)cn(C)c2c1. The van der Waals surface area contributed by atoms with Gasteiger partial charge in [0.1, 0.15) is 0 Å². The molecular formula is C16H23N3. The molecule has 2 aromatic rings. The third kappa shape index (κ3) is 2.23. The lowest BCUT2D eigenvalue weighted by Crippen LogP contribution is -2.29. The highest BCUT2D eigenvalue weighted by atomic mass is 15.1. The molecule has 3 nitrogen and oxygen atoms in total. The van der Waals surface area contributed by atoms with Crippen molar-refractivity contribution in [1.29, 1.82) is 0 Å². The van der Waals surface area contributed by atoms with Gasteiger partial charge < -0.3 is 14.8 Å². The number of nitrogens with one attached hydrogen (secondary N) is 1. The molecule has 0 unspecified atom stereocenters. The average Bonchev–Trinajstić information content (AvgIpc) is 2.76. The Morgan fingerprint density at radius 2 is 1.89 bits per heavy atom. The first-order valence-electron chi connectivity index (χ1n) is 7.14. The standard InChI is InChI=1S/C16H23N3/c1-17-13-4-5-14-15(11-19(3)16(14)10-13)12-6-8-18(2)9-7-12/h4-5,10-12,17H,6-9H2,1-3H3. The second-order valence-corrected chi connectivity index (χ2v) is 5.75. The number of anilines is 1. The van der Waals surface area contributed by atoms with Gasteiger partial charge in [0.15, 0.2) is 0 Å². The van der Waals surface area contributed by atoms with Crippen molar-refractivity contribution in [2.45, 2.75) is 18.8 Å². The summed E-state index contributed by atoms with van der Waals surface area (Å²) in [4.78, 5) is 2.43. The first kappa shape index (κ1) is 12.5. The van der Waals surface area contributed by atoms with Crippen molar-refractivity contribution in [3.8, 4) is 0 Å². The number of aryl methyl sites for hydroxylation is 1. The fourth-order valence-corrected chi connectivity index (χ4v) is 3.22. The fourth-order valence-electron chi connectivity index (χ4n) is 3.22. The van der Waals surface area contributed by atoms with Crippen molar-refractivity contribution >= 4 is 16.6 Å². The lowest BCUT2D eigenvalue weighted by molar-refractivity contribution is 0.256. The van der Waals surface area contributed by atoms with Crippen LogP contribution in [0.3, 0.4) is 0 Å². The Morgan fingerprint density at radius 3 is 2.58 bits per heavy atom. The first-order chi connectivity index (χ1) is 9.19. The largest absolute Gasteiger partial charge is 0.388 e. The van der Waals surface area contributed by atoms with E-state index in [-0.39, 0.29) is 0 Å². The Labute approximate surface area is 115 Å². The number of likely N-dealkylation sites (tertiary alicyclic amines) is 1. The van der Waals surface area contributed by atoms with Crippen LogP contribution in [0.2, 0.25) is 0 Å². The van der Waals surface area contributed by atoms with Gasteiger partial charge in [-0.05, 0) is 56.6 Å². The third-order valence-electron chi connectivity index (χ3n) is 4.47. The topological polar surface area (TPSA) is 20.2 Å². The molecule has 2 heterocycles. The highest BCUT2D eigenvalue weighted by molar-refractivity contribution is 5.87. The molecule has 19 heavy (non-hydrogen) atoms. The van der Waals surface area contributed by atoms with Gasteiger partial charge in [-0.15, -0.1) is 0 Å². The molecule has 0 spiro atoms. The van der Waals surface area contributed by atoms with Crippen molar-refractivity contribution < 1.29 is 0 Å². The molecule has 3 rings (SSSR count). The minimum absolute atomic E-state index is 0.723. The highest BCUT2D eigenvalue weighted by Gasteiger charge is 2.21. The predicted octanol–water partition coefficient (Wildman–Crippen LogP) is 3.03. The fraction of sp³-hybridized carbons (Fsp3) is 0.500. The van der Waals surface area contributed by atoms with E-state index in [2.05, 4.69) is 53.3 Å². The molecule has 1 aromatic carbocycles. The van der Waals surface area contributed by atoms with Gasteiger partial charge in [0.2, 0.25) is 0 Å². The Balaban J connectivity index is 2.00. The van der Waals surface area contributed by atoms with Crippen LogP contribution < -0.4 is 5.32 Å². The summed E-state index contributed by atoms with van der Waals surface area (Å²) in [7, 11) is 6.35. The zero-order chi connectivity index (χ0) is 13.4. The summed E-state index contributed by atoms with van der Waals surface area (Å²) in [5, 5.41) is 4.65. The minimum atomic E-state index is 0.723. The summed E-state index contributed by atoms with van der Waals surface area (Å²) in [6, 6.07) is 6.70. The van der Waals surface area contributed by atoms with Crippen LogP contribution in [0.4, 0.5) is 5.69 Å². The Kier molecular flexibility index (Phi) is 3.23. The number of benzene rings is 1. The number of hydrogen-bond donors (Lipinski definition) is 1. The minimum Gasteiger partial charge on any atom is -0.388 e. The van der Waals surface area contributed by atoms with E-state index in [4.69, 9.17) is 0 Å². The van der Waals surface area contributed by atoms with Crippen LogP contribution >= 0.6 is 0 Å². The molecule has 1 aliphatic rings. The monoisotopic (exact) mass is 257 g/mol. The number of piperidine rings is 1. The summed E-state index contributed by atoms with van der Waals surface area (Å²) >= 11 is 0. The average molecular weight is 257 g/mol. The maximum atomic E-state index is 3.22. The van der Waals surface area contributed by atoms with Crippen LogP contribution in [0.15, 0.2) is 24.4 Å². The third-order valence-corrected chi connectivity index (χ3v) is 4.47. The summed E-state index contributed by atoms with van der Waals surface area (Å²) < 4.78 is 2.27. The number of hydrogen-bond acceptors (Lipinski definition) is 2. The van der Waals surface area contributed by atoms with Crippen LogP contribution in [0, 0.1) is 0 Å². The van der Waals surface area contributed by atoms with Crippen LogP contribution in [0.5, 0.6) is 0 Å².